The minimum atomic E-state index is -0.873. The first-order valence-corrected chi connectivity index (χ1v) is 9.36. The van der Waals surface area contributed by atoms with Crippen LogP contribution in [-0.4, -0.2) is 43.2 Å². The van der Waals surface area contributed by atoms with Crippen molar-refractivity contribution in [2.24, 2.45) is 28.6 Å². The Hall–Kier alpha value is -2.16. The second-order valence-electron chi connectivity index (χ2n) is 7.09. The fraction of sp³-hybridized carbons (Fsp3) is 0.579. The third-order valence-corrected chi connectivity index (χ3v) is 5.20. The molecule has 2 fully saturated rings. The van der Waals surface area contributed by atoms with Crippen LogP contribution in [0.4, 0.5) is 0 Å². The lowest BCUT2D eigenvalue weighted by atomic mass is 9.88. The molecule has 0 spiro atoms. The second-order valence-corrected chi connectivity index (χ2v) is 7.09. The maximum atomic E-state index is 11.0. The molecule has 0 bridgehead atoms. The highest BCUT2D eigenvalue weighted by Gasteiger charge is 2.32. The van der Waals surface area contributed by atoms with Crippen molar-refractivity contribution in [3.05, 3.63) is 35.4 Å². The Labute approximate surface area is 160 Å². The Bertz CT molecular complexity index is 608. The van der Waals surface area contributed by atoms with Crippen LogP contribution in [0.25, 0.3) is 0 Å². The lowest BCUT2D eigenvalue weighted by Crippen LogP contribution is -2.36. The molecule has 3 unspecified atom stereocenters. The number of aliphatic carboxylic acids is 1. The second kappa shape index (κ2) is 10.9. The topological polar surface area (TPSA) is 135 Å². The molecule has 0 aromatic heterocycles. The molecule has 150 valence electrons. The van der Waals surface area contributed by atoms with Gasteiger partial charge in [-0.2, -0.15) is 5.10 Å². The van der Waals surface area contributed by atoms with Crippen LogP contribution in [0.15, 0.2) is 29.4 Å². The molecule has 7 N–H and O–H groups in total. The highest BCUT2D eigenvalue weighted by molar-refractivity contribution is 5.86. The van der Waals surface area contributed by atoms with Crippen molar-refractivity contribution in [1.82, 2.24) is 10.7 Å². The Balaban J connectivity index is 0.000000198. The van der Waals surface area contributed by atoms with E-state index in [9.17, 15) is 4.79 Å². The molecule has 1 aromatic rings. The van der Waals surface area contributed by atoms with Crippen LogP contribution < -0.4 is 22.4 Å². The molecule has 8 nitrogen and oxygen atoms in total. The van der Waals surface area contributed by atoms with E-state index in [4.69, 9.17) is 21.5 Å². The van der Waals surface area contributed by atoms with E-state index in [2.05, 4.69) is 47.0 Å². The first kappa shape index (κ1) is 21.1. The largest absolute Gasteiger partial charge is 0.481 e. The Morgan fingerprint density at radius 2 is 2.15 bits per heavy atom. The number of hydrogen-bond donors (Lipinski definition) is 5. The van der Waals surface area contributed by atoms with E-state index < -0.39 is 11.9 Å². The summed E-state index contributed by atoms with van der Waals surface area (Å²) in [6.07, 6.45) is 2.25. The number of nitrogens with zero attached hydrogens (tertiary/aromatic N) is 1. The van der Waals surface area contributed by atoms with Gasteiger partial charge in [-0.05, 0) is 43.7 Å². The lowest BCUT2D eigenvalue weighted by molar-refractivity contribution is -0.143. The minimum Gasteiger partial charge on any atom is -0.481 e. The Morgan fingerprint density at radius 3 is 2.63 bits per heavy atom. The van der Waals surface area contributed by atoms with Gasteiger partial charge in [-0.3, -0.25) is 4.79 Å². The smallest absolute Gasteiger partial charge is 0.307 e. The van der Waals surface area contributed by atoms with Crippen molar-refractivity contribution in [1.29, 1.82) is 0 Å². The van der Waals surface area contributed by atoms with E-state index >= 15 is 0 Å². The average Bonchev–Trinajstić information content (AvgIpc) is 3.38. The maximum Gasteiger partial charge on any atom is 0.307 e. The zero-order valence-corrected chi connectivity index (χ0v) is 15.9. The quantitative estimate of drug-likeness (QED) is 0.223. The van der Waals surface area contributed by atoms with Crippen LogP contribution in [0.1, 0.15) is 36.3 Å². The molecule has 2 aliphatic rings. The van der Waals surface area contributed by atoms with Crippen molar-refractivity contribution in [3.63, 3.8) is 0 Å². The van der Waals surface area contributed by atoms with Gasteiger partial charge in [-0.15, -0.1) is 0 Å². The van der Waals surface area contributed by atoms with Crippen LogP contribution in [0.2, 0.25) is 0 Å². The number of ether oxygens (including phenoxy) is 1. The van der Waals surface area contributed by atoms with Gasteiger partial charge in [0.05, 0.1) is 12.5 Å². The van der Waals surface area contributed by atoms with Crippen molar-refractivity contribution >= 4 is 11.8 Å². The van der Waals surface area contributed by atoms with Crippen LogP contribution in [0, 0.1) is 18.8 Å². The standard InChI is InChI=1S/C11H15N.C8H16N4O3/c1-9-2-4-10(5-3-9)11-6-7-12-8-11;9-11-7(12-10)3-6(8(13)14)5-1-2-15-4-5/h2-5,11-12H,6-8H2,1H3;5-6H,1-4,9-10H2,(H,11,12)(H,13,14). The summed E-state index contributed by atoms with van der Waals surface area (Å²) in [5.74, 6) is 9.82. The number of hydrogen-bond acceptors (Lipinski definition) is 6. The van der Waals surface area contributed by atoms with Gasteiger partial charge in [-0.1, -0.05) is 29.8 Å². The van der Waals surface area contributed by atoms with Crippen LogP contribution in [0.5, 0.6) is 0 Å². The van der Waals surface area contributed by atoms with Gasteiger partial charge in [-0.25, -0.2) is 5.84 Å². The Morgan fingerprint density at radius 1 is 1.41 bits per heavy atom. The molecular formula is C19H31N5O3. The normalized spacial score (nSPS) is 23.4. The third kappa shape index (κ3) is 6.50. The number of hydrazine groups is 1. The summed E-state index contributed by atoms with van der Waals surface area (Å²) in [6, 6.07) is 8.92. The molecule has 8 heteroatoms. The summed E-state index contributed by atoms with van der Waals surface area (Å²) in [6.45, 7) is 5.55. The number of benzene rings is 1. The molecule has 2 aliphatic heterocycles. The van der Waals surface area contributed by atoms with E-state index in [0.29, 0.717) is 13.2 Å². The lowest BCUT2D eigenvalue weighted by Gasteiger charge is -2.18. The molecule has 0 amide bonds. The first-order valence-electron chi connectivity index (χ1n) is 9.36. The molecule has 3 atom stereocenters. The number of carbonyl (C=O) groups is 1. The minimum absolute atomic E-state index is 0.00704. The van der Waals surface area contributed by atoms with Gasteiger partial charge in [0.25, 0.3) is 0 Å². The van der Waals surface area contributed by atoms with Crippen molar-refractivity contribution in [3.8, 4) is 0 Å². The monoisotopic (exact) mass is 377 g/mol. The number of nitrogens with one attached hydrogen (secondary N) is 2. The van der Waals surface area contributed by atoms with Gasteiger partial charge < -0.3 is 26.4 Å². The molecule has 27 heavy (non-hydrogen) atoms. The molecule has 0 radical (unpaired) electrons. The van der Waals surface area contributed by atoms with E-state index in [1.54, 1.807) is 0 Å². The van der Waals surface area contributed by atoms with E-state index in [1.165, 1.54) is 24.1 Å². The summed E-state index contributed by atoms with van der Waals surface area (Å²) in [7, 11) is 0. The molecular weight excluding hydrogens is 346 g/mol. The number of carboxylic acids is 1. The van der Waals surface area contributed by atoms with Crippen LogP contribution in [-0.2, 0) is 9.53 Å². The average molecular weight is 377 g/mol. The number of aryl methyl sites for hydroxylation is 1. The predicted molar refractivity (Wildman–Crippen MR) is 105 cm³/mol. The molecule has 2 saturated heterocycles. The molecule has 2 heterocycles. The van der Waals surface area contributed by atoms with E-state index in [1.807, 2.05) is 0 Å². The summed E-state index contributed by atoms with van der Waals surface area (Å²) in [5, 5.41) is 15.8. The zero-order valence-electron chi connectivity index (χ0n) is 15.9. The van der Waals surface area contributed by atoms with Crippen molar-refractivity contribution < 1.29 is 14.6 Å². The first-order chi connectivity index (χ1) is 13.0. The van der Waals surface area contributed by atoms with E-state index in [-0.39, 0.29) is 18.2 Å². The Kier molecular flexibility index (Phi) is 8.50. The van der Waals surface area contributed by atoms with E-state index in [0.717, 1.165) is 18.9 Å². The predicted octanol–water partition coefficient (Wildman–Crippen LogP) is 0.921. The summed E-state index contributed by atoms with van der Waals surface area (Å²) in [5.41, 5.74) is 5.12. The van der Waals surface area contributed by atoms with Crippen LogP contribution in [0.3, 0.4) is 0 Å². The fourth-order valence-electron chi connectivity index (χ4n) is 3.46. The maximum absolute atomic E-state index is 11.0. The van der Waals surface area contributed by atoms with Crippen LogP contribution >= 0.6 is 0 Å². The van der Waals surface area contributed by atoms with Gasteiger partial charge in [0.15, 0.2) is 0 Å². The van der Waals surface area contributed by atoms with Gasteiger partial charge in [0.1, 0.15) is 5.84 Å². The molecule has 3 rings (SSSR count). The van der Waals surface area contributed by atoms with Gasteiger partial charge in [0.2, 0.25) is 0 Å². The van der Waals surface area contributed by atoms with Gasteiger partial charge >= 0.3 is 5.97 Å². The molecule has 1 aromatic carbocycles. The number of rotatable bonds is 5. The molecule has 0 aliphatic carbocycles. The number of amidine groups is 1. The van der Waals surface area contributed by atoms with Crippen molar-refractivity contribution in [2.45, 2.75) is 32.1 Å². The van der Waals surface area contributed by atoms with Crippen molar-refractivity contribution in [2.75, 3.05) is 26.3 Å². The number of carboxylic acid groups (broad SMARTS) is 1. The number of nitrogens with two attached hydrogens (primary N) is 2. The fourth-order valence-corrected chi connectivity index (χ4v) is 3.46. The zero-order chi connectivity index (χ0) is 19.6. The SMILES string of the molecule is Cc1ccc(C2CCNC2)cc1.N/N=C(/CC(C(=O)O)C1CCOC1)NN. The number of hydrazone groups is 1. The highest BCUT2D eigenvalue weighted by Crippen LogP contribution is 2.25. The third-order valence-electron chi connectivity index (χ3n) is 5.20. The van der Waals surface area contributed by atoms with Gasteiger partial charge in [0, 0.05) is 19.6 Å². The highest BCUT2D eigenvalue weighted by atomic mass is 16.5. The summed E-state index contributed by atoms with van der Waals surface area (Å²) < 4.78 is 5.15. The summed E-state index contributed by atoms with van der Waals surface area (Å²) >= 11 is 0. The summed E-state index contributed by atoms with van der Waals surface area (Å²) in [4.78, 5) is 11.0. The molecule has 0 saturated carbocycles.